The highest BCUT2D eigenvalue weighted by Gasteiger charge is 2.22. The van der Waals surface area contributed by atoms with Gasteiger partial charge >= 0.3 is 6.16 Å². The lowest BCUT2D eigenvalue weighted by Gasteiger charge is -2.21. The topological polar surface area (TPSA) is 44.8 Å². The lowest BCUT2D eigenvalue weighted by Crippen LogP contribution is -2.26. The summed E-state index contributed by atoms with van der Waals surface area (Å²) in [6.45, 7) is 5.73. The maximum absolute atomic E-state index is 10.9. The number of rotatable bonds is 7. The highest BCUT2D eigenvalue weighted by Crippen LogP contribution is 2.19. The zero-order valence-corrected chi connectivity index (χ0v) is 10.2. The molecule has 0 radical (unpaired) electrons. The maximum atomic E-state index is 10.9. The first-order valence-electron chi connectivity index (χ1n) is 5.47. The number of hydrogen-bond acceptors (Lipinski definition) is 4. The van der Waals surface area contributed by atoms with Crippen LogP contribution in [0.4, 0.5) is 4.79 Å². The minimum absolute atomic E-state index is 0.113. The fourth-order valence-electron chi connectivity index (χ4n) is 1.11. The van der Waals surface area contributed by atoms with E-state index < -0.39 is 11.8 Å². The minimum Gasteiger partial charge on any atom is -0.419 e. The van der Waals surface area contributed by atoms with E-state index in [-0.39, 0.29) is 6.61 Å². The van der Waals surface area contributed by atoms with Crippen LogP contribution in [0.15, 0.2) is 0 Å². The third-order valence-electron chi connectivity index (χ3n) is 1.99. The van der Waals surface area contributed by atoms with Crippen molar-refractivity contribution in [3.8, 4) is 12.3 Å². The molecule has 0 unspecified atom stereocenters. The highest BCUT2D eigenvalue weighted by atomic mass is 17.2. The van der Waals surface area contributed by atoms with Crippen molar-refractivity contribution in [3.63, 3.8) is 0 Å². The number of unbranched alkanes of at least 4 members (excludes halogenated alkanes) is 2. The molecule has 0 aliphatic rings. The Kier molecular flexibility index (Phi) is 7.40. The van der Waals surface area contributed by atoms with Crippen LogP contribution < -0.4 is 0 Å². The van der Waals surface area contributed by atoms with Crippen LogP contribution in [0.2, 0.25) is 0 Å². The Morgan fingerprint density at radius 3 is 2.62 bits per heavy atom. The van der Waals surface area contributed by atoms with Crippen LogP contribution in [0, 0.1) is 12.3 Å². The smallest absolute Gasteiger partial charge is 0.419 e. The van der Waals surface area contributed by atoms with Gasteiger partial charge in [0.2, 0.25) is 0 Å². The Labute approximate surface area is 97.2 Å². The first kappa shape index (κ1) is 14.8. The van der Waals surface area contributed by atoms with Gasteiger partial charge in [0, 0.05) is 0 Å². The van der Waals surface area contributed by atoms with Crippen LogP contribution in [0.3, 0.4) is 0 Å². The highest BCUT2D eigenvalue weighted by molar-refractivity contribution is 5.59. The molecule has 0 bridgehead atoms. The van der Waals surface area contributed by atoms with E-state index in [1.54, 1.807) is 0 Å². The van der Waals surface area contributed by atoms with Gasteiger partial charge in [-0.15, -0.1) is 6.42 Å². The van der Waals surface area contributed by atoms with Crippen molar-refractivity contribution in [2.24, 2.45) is 0 Å². The molecule has 0 atom stereocenters. The fourth-order valence-corrected chi connectivity index (χ4v) is 1.11. The third kappa shape index (κ3) is 8.13. The maximum Gasteiger partial charge on any atom is 0.541 e. The Morgan fingerprint density at radius 2 is 2.06 bits per heavy atom. The summed E-state index contributed by atoms with van der Waals surface area (Å²) in [4.78, 5) is 20.4. The van der Waals surface area contributed by atoms with Gasteiger partial charge in [-0.1, -0.05) is 32.1 Å². The molecule has 0 heterocycles. The van der Waals surface area contributed by atoms with Gasteiger partial charge in [0.25, 0.3) is 0 Å². The third-order valence-corrected chi connectivity index (χ3v) is 1.99. The van der Waals surface area contributed by atoms with E-state index in [1.165, 1.54) is 0 Å². The Balaban J connectivity index is 3.72. The molecule has 0 aliphatic heterocycles. The van der Waals surface area contributed by atoms with E-state index in [1.807, 2.05) is 13.8 Å². The van der Waals surface area contributed by atoms with E-state index in [4.69, 9.17) is 11.3 Å². The molecule has 92 valence electrons. The summed E-state index contributed by atoms with van der Waals surface area (Å²) >= 11 is 0. The van der Waals surface area contributed by atoms with Gasteiger partial charge in [-0.25, -0.2) is 4.79 Å². The predicted molar refractivity (Wildman–Crippen MR) is 60.6 cm³/mol. The van der Waals surface area contributed by atoms with Crippen LogP contribution in [-0.2, 0) is 14.5 Å². The molecule has 0 rings (SSSR count). The van der Waals surface area contributed by atoms with Crippen molar-refractivity contribution in [3.05, 3.63) is 0 Å². The molecule has 0 amide bonds. The Morgan fingerprint density at radius 1 is 1.38 bits per heavy atom. The molecule has 0 aromatic rings. The largest absolute Gasteiger partial charge is 0.541 e. The Hall–Kier alpha value is -1.21. The summed E-state index contributed by atoms with van der Waals surface area (Å²) in [6.07, 6.45) is 8.14. The molecule has 0 N–H and O–H groups in total. The van der Waals surface area contributed by atoms with Gasteiger partial charge in [0.05, 0.1) is 0 Å². The quantitative estimate of drug-likeness (QED) is 0.221. The molecule has 0 aromatic heterocycles. The van der Waals surface area contributed by atoms with Crippen LogP contribution in [0.5, 0.6) is 0 Å². The van der Waals surface area contributed by atoms with E-state index in [9.17, 15) is 4.79 Å². The summed E-state index contributed by atoms with van der Waals surface area (Å²) in [5.41, 5.74) is -0.496. The van der Waals surface area contributed by atoms with E-state index in [2.05, 4.69) is 22.5 Å². The van der Waals surface area contributed by atoms with Crippen molar-refractivity contribution >= 4 is 6.16 Å². The number of carbonyl (C=O) groups excluding carboxylic acids is 1. The monoisotopic (exact) mass is 228 g/mol. The molecular formula is C12H20O4. The van der Waals surface area contributed by atoms with Gasteiger partial charge in [0.15, 0.2) is 6.61 Å². The van der Waals surface area contributed by atoms with Crippen molar-refractivity contribution in [2.75, 3.05) is 6.61 Å². The average molecular weight is 228 g/mol. The second kappa shape index (κ2) is 8.00. The summed E-state index contributed by atoms with van der Waals surface area (Å²) in [5, 5.41) is 0. The summed E-state index contributed by atoms with van der Waals surface area (Å²) in [7, 11) is 0. The molecular weight excluding hydrogens is 208 g/mol. The zero-order valence-electron chi connectivity index (χ0n) is 10.2. The SMILES string of the molecule is C#CCOC(=O)OOC(C)(C)CCCCC. The van der Waals surface area contributed by atoms with Crippen LogP contribution in [-0.4, -0.2) is 18.4 Å². The van der Waals surface area contributed by atoms with Gasteiger partial charge in [-0.05, 0) is 20.3 Å². The minimum atomic E-state index is -0.901. The van der Waals surface area contributed by atoms with Crippen molar-refractivity contribution < 1.29 is 19.3 Å². The van der Waals surface area contributed by atoms with Gasteiger partial charge in [-0.3, -0.25) is 4.89 Å². The molecule has 0 fully saturated rings. The predicted octanol–water partition coefficient (Wildman–Crippen LogP) is 3.06. The Bertz CT molecular complexity index is 240. The fraction of sp³-hybridized carbons (Fsp3) is 0.750. The standard InChI is InChI=1S/C12H20O4/c1-5-7-8-9-12(3,4)16-15-11(13)14-10-6-2/h2H,5,7-10H2,1,3-4H3. The molecule has 4 nitrogen and oxygen atoms in total. The van der Waals surface area contributed by atoms with Gasteiger partial charge < -0.3 is 4.74 Å². The lowest BCUT2D eigenvalue weighted by atomic mass is 10.0. The second-order valence-corrected chi connectivity index (χ2v) is 4.13. The number of ether oxygens (including phenoxy) is 1. The number of hydrogen-bond donors (Lipinski definition) is 0. The average Bonchev–Trinajstić information content (AvgIpc) is 2.24. The summed E-state index contributed by atoms with van der Waals surface area (Å²) in [6, 6.07) is 0. The number of carbonyl (C=O) groups is 1. The molecule has 0 spiro atoms. The molecule has 0 aromatic carbocycles. The van der Waals surface area contributed by atoms with Crippen molar-refractivity contribution in [1.82, 2.24) is 0 Å². The number of terminal acetylenes is 1. The molecule has 16 heavy (non-hydrogen) atoms. The molecule has 0 saturated carbocycles. The van der Waals surface area contributed by atoms with E-state index >= 15 is 0 Å². The van der Waals surface area contributed by atoms with Crippen molar-refractivity contribution in [1.29, 1.82) is 0 Å². The van der Waals surface area contributed by atoms with E-state index in [0.29, 0.717) is 0 Å². The van der Waals surface area contributed by atoms with E-state index in [0.717, 1.165) is 25.7 Å². The van der Waals surface area contributed by atoms with Crippen LogP contribution in [0.1, 0.15) is 46.5 Å². The van der Waals surface area contributed by atoms with Crippen molar-refractivity contribution in [2.45, 2.75) is 52.1 Å². The first-order valence-corrected chi connectivity index (χ1v) is 5.47. The molecule has 4 heteroatoms. The van der Waals surface area contributed by atoms with Gasteiger partial charge in [-0.2, -0.15) is 4.89 Å². The summed E-state index contributed by atoms with van der Waals surface area (Å²) in [5.74, 6) is 2.16. The zero-order chi connectivity index (χ0) is 12.4. The van der Waals surface area contributed by atoms with Crippen LogP contribution >= 0.6 is 0 Å². The summed E-state index contributed by atoms with van der Waals surface area (Å²) < 4.78 is 4.49. The molecule has 0 aliphatic carbocycles. The first-order chi connectivity index (χ1) is 7.52. The lowest BCUT2D eigenvalue weighted by molar-refractivity contribution is -0.318. The normalized spacial score (nSPS) is 10.6. The van der Waals surface area contributed by atoms with Gasteiger partial charge in [0.1, 0.15) is 5.60 Å². The second-order valence-electron chi connectivity index (χ2n) is 4.13. The molecule has 0 saturated heterocycles. The van der Waals surface area contributed by atoms with Crippen LogP contribution in [0.25, 0.3) is 0 Å².